The monoisotopic (exact) mass is 173 g/mol. The molecule has 5 heteroatoms. The van der Waals surface area contributed by atoms with Crippen LogP contribution in [0.3, 0.4) is 0 Å². The lowest BCUT2D eigenvalue weighted by Crippen LogP contribution is -2.06. The lowest BCUT2D eigenvalue weighted by Gasteiger charge is -2.02. The third kappa shape index (κ3) is 9.23. The highest BCUT2D eigenvalue weighted by Gasteiger charge is 1.87. The van der Waals surface area contributed by atoms with Crippen molar-refractivity contribution in [3.05, 3.63) is 10.4 Å². The molecule has 12 heavy (non-hydrogen) atoms. The molecule has 0 saturated carbocycles. The Morgan fingerprint density at radius 1 is 1.17 bits per heavy atom. The predicted octanol–water partition coefficient (Wildman–Crippen LogP) is 1.74. The van der Waals surface area contributed by atoms with Gasteiger partial charge in [-0.05, 0) is 12.0 Å². The van der Waals surface area contributed by atoms with Crippen LogP contribution >= 0.6 is 0 Å². The zero-order valence-corrected chi connectivity index (χ0v) is 7.40. The molecular weight excluding hydrogens is 158 g/mol. The smallest absolute Gasteiger partial charge is 0.0700 e. The second-order valence-electron chi connectivity index (χ2n) is 2.18. The number of nitrogens with zero attached hydrogens (tertiary/aromatic N) is 3. The fourth-order valence-corrected chi connectivity index (χ4v) is 0.616. The van der Waals surface area contributed by atoms with Crippen molar-refractivity contribution in [3.8, 4) is 0 Å². The average molecular weight is 173 g/mol. The molecule has 0 aliphatic heterocycles. The summed E-state index contributed by atoms with van der Waals surface area (Å²) in [5, 5.41) is 3.32. The van der Waals surface area contributed by atoms with Crippen LogP contribution in [0.5, 0.6) is 0 Å². The first-order chi connectivity index (χ1) is 5.91. The van der Waals surface area contributed by atoms with Gasteiger partial charge in [0.2, 0.25) is 0 Å². The molecule has 0 atom stereocenters. The summed E-state index contributed by atoms with van der Waals surface area (Å²) in [6, 6.07) is 0. The summed E-state index contributed by atoms with van der Waals surface area (Å²) < 4.78 is 10.3. The molecule has 70 valence electrons. The summed E-state index contributed by atoms with van der Waals surface area (Å²) in [6.45, 7) is 4.89. The number of azide groups is 1. The zero-order valence-electron chi connectivity index (χ0n) is 7.40. The SMILES string of the molecule is CCCOCCOCCN=[N+]=[N-]. The summed E-state index contributed by atoms with van der Waals surface area (Å²) in [5.74, 6) is 0. The van der Waals surface area contributed by atoms with E-state index in [-0.39, 0.29) is 0 Å². The van der Waals surface area contributed by atoms with Crippen LogP contribution in [0.25, 0.3) is 10.4 Å². The van der Waals surface area contributed by atoms with Gasteiger partial charge in [0.15, 0.2) is 0 Å². The maximum Gasteiger partial charge on any atom is 0.0700 e. The van der Waals surface area contributed by atoms with Gasteiger partial charge >= 0.3 is 0 Å². The number of hydrogen-bond acceptors (Lipinski definition) is 3. The lowest BCUT2D eigenvalue weighted by atomic mass is 10.5. The standard InChI is InChI=1S/C7H15N3O2/c1-2-4-11-6-7-12-5-3-9-10-8/h2-7H2,1H3. The first-order valence-electron chi connectivity index (χ1n) is 4.08. The Hall–Kier alpha value is -0.770. The highest BCUT2D eigenvalue weighted by Crippen LogP contribution is 1.82. The van der Waals surface area contributed by atoms with Crippen LogP contribution in [-0.2, 0) is 9.47 Å². The highest BCUT2D eigenvalue weighted by atomic mass is 16.5. The number of ether oxygens (including phenoxy) is 2. The minimum Gasteiger partial charge on any atom is -0.379 e. The normalized spacial score (nSPS) is 9.42. The molecule has 0 radical (unpaired) electrons. The van der Waals surface area contributed by atoms with E-state index in [1.807, 2.05) is 0 Å². The van der Waals surface area contributed by atoms with Crippen molar-refractivity contribution >= 4 is 0 Å². The first kappa shape index (κ1) is 11.2. The van der Waals surface area contributed by atoms with Gasteiger partial charge in [0.1, 0.15) is 0 Å². The van der Waals surface area contributed by atoms with E-state index in [1.54, 1.807) is 0 Å². The average Bonchev–Trinajstić information content (AvgIpc) is 2.10. The summed E-state index contributed by atoms with van der Waals surface area (Å²) in [4.78, 5) is 2.60. The first-order valence-corrected chi connectivity index (χ1v) is 4.08. The Morgan fingerprint density at radius 3 is 2.42 bits per heavy atom. The third-order valence-electron chi connectivity index (χ3n) is 1.12. The topological polar surface area (TPSA) is 67.2 Å². The second kappa shape index (κ2) is 10.2. The molecule has 0 aromatic carbocycles. The third-order valence-corrected chi connectivity index (χ3v) is 1.12. The molecule has 0 aliphatic carbocycles. The van der Waals surface area contributed by atoms with Crippen LogP contribution in [0.15, 0.2) is 5.11 Å². The molecule has 0 N–H and O–H groups in total. The van der Waals surface area contributed by atoms with Crippen LogP contribution in [-0.4, -0.2) is 33.0 Å². The molecule has 0 heterocycles. The predicted molar refractivity (Wildman–Crippen MR) is 45.9 cm³/mol. The molecule has 0 aliphatic rings. The molecular formula is C7H15N3O2. The van der Waals surface area contributed by atoms with Crippen LogP contribution in [0.1, 0.15) is 13.3 Å². The van der Waals surface area contributed by atoms with Crippen molar-refractivity contribution in [3.63, 3.8) is 0 Å². The van der Waals surface area contributed by atoms with Gasteiger partial charge in [-0.25, -0.2) is 0 Å². The van der Waals surface area contributed by atoms with Gasteiger partial charge in [0.25, 0.3) is 0 Å². The van der Waals surface area contributed by atoms with Crippen LogP contribution < -0.4 is 0 Å². The Morgan fingerprint density at radius 2 is 1.83 bits per heavy atom. The Kier molecular flexibility index (Phi) is 9.57. The molecule has 0 spiro atoms. The van der Waals surface area contributed by atoms with Crippen LogP contribution in [0.2, 0.25) is 0 Å². The molecule has 0 amide bonds. The molecule has 0 saturated heterocycles. The van der Waals surface area contributed by atoms with E-state index in [2.05, 4.69) is 16.9 Å². The van der Waals surface area contributed by atoms with Crippen molar-refractivity contribution in [1.29, 1.82) is 0 Å². The molecule has 0 fully saturated rings. The van der Waals surface area contributed by atoms with E-state index < -0.39 is 0 Å². The van der Waals surface area contributed by atoms with Crippen LogP contribution in [0, 0.1) is 0 Å². The Labute approximate surface area is 72.3 Å². The zero-order chi connectivity index (χ0) is 9.07. The van der Waals surface area contributed by atoms with Gasteiger partial charge in [-0.15, -0.1) is 0 Å². The number of rotatable bonds is 8. The van der Waals surface area contributed by atoms with E-state index in [1.165, 1.54) is 0 Å². The lowest BCUT2D eigenvalue weighted by molar-refractivity contribution is 0.0510. The van der Waals surface area contributed by atoms with E-state index in [0.717, 1.165) is 13.0 Å². The summed E-state index contributed by atoms with van der Waals surface area (Å²) in [5.41, 5.74) is 7.92. The Balaban J connectivity index is 2.86. The molecule has 0 unspecified atom stereocenters. The van der Waals surface area contributed by atoms with Crippen molar-refractivity contribution < 1.29 is 9.47 Å². The van der Waals surface area contributed by atoms with E-state index in [9.17, 15) is 0 Å². The van der Waals surface area contributed by atoms with Gasteiger partial charge in [0, 0.05) is 18.1 Å². The van der Waals surface area contributed by atoms with Gasteiger partial charge in [0.05, 0.1) is 19.8 Å². The van der Waals surface area contributed by atoms with E-state index >= 15 is 0 Å². The summed E-state index contributed by atoms with van der Waals surface area (Å²) in [7, 11) is 0. The van der Waals surface area contributed by atoms with Gasteiger partial charge in [-0.2, -0.15) is 0 Å². The minimum atomic E-state index is 0.393. The summed E-state index contributed by atoms with van der Waals surface area (Å²) in [6.07, 6.45) is 1.03. The quantitative estimate of drug-likeness (QED) is 0.243. The molecule has 0 rings (SSSR count). The fourth-order valence-electron chi connectivity index (χ4n) is 0.616. The molecule has 0 aromatic rings. The maximum absolute atomic E-state index is 7.92. The highest BCUT2D eigenvalue weighted by molar-refractivity contribution is 4.43. The summed E-state index contributed by atoms with van der Waals surface area (Å²) >= 11 is 0. The van der Waals surface area contributed by atoms with Crippen LogP contribution in [0.4, 0.5) is 0 Å². The fraction of sp³-hybridized carbons (Fsp3) is 1.00. The van der Waals surface area contributed by atoms with Gasteiger partial charge in [-0.1, -0.05) is 12.0 Å². The van der Waals surface area contributed by atoms with E-state index in [0.29, 0.717) is 26.4 Å². The second-order valence-corrected chi connectivity index (χ2v) is 2.18. The van der Waals surface area contributed by atoms with Gasteiger partial charge < -0.3 is 9.47 Å². The maximum atomic E-state index is 7.92. The largest absolute Gasteiger partial charge is 0.379 e. The Bertz CT molecular complexity index is 135. The molecule has 0 bridgehead atoms. The van der Waals surface area contributed by atoms with Crippen molar-refractivity contribution in [2.45, 2.75) is 13.3 Å². The van der Waals surface area contributed by atoms with Gasteiger partial charge in [-0.3, -0.25) is 0 Å². The molecule has 5 nitrogen and oxygen atoms in total. The number of hydrogen-bond donors (Lipinski definition) is 0. The van der Waals surface area contributed by atoms with Crippen molar-refractivity contribution in [2.75, 3.05) is 33.0 Å². The van der Waals surface area contributed by atoms with Crippen molar-refractivity contribution in [2.24, 2.45) is 5.11 Å². The minimum absolute atomic E-state index is 0.393. The van der Waals surface area contributed by atoms with E-state index in [4.69, 9.17) is 15.0 Å². The molecule has 0 aromatic heterocycles. The van der Waals surface area contributed by atoms with Crippen molar-refractivity contribution in [1.82, 2.24) is 0 Å².